The van der Waals surface area contributed by atoms with Crippen molar-refractivity contribution in [1.82, 2.24) is 19.4 Å². The number of hydrogen-bond donors (Lipinski definition) is 0. The van der Waals surface area contributed by atoms with Crippen LogP contribution in [0.5, 0.6) is 0 Å². The predicted molar refractivity (Wildman–Crippen MR) is 109 cm³/mol. The number of nitrogens with zero attached hydrogens (tertiary/aromatic N) is 5. The van der Waals surface area contributed by atoms with Crippen LogP contribution in [0.25, 0.3) is 5.69 Å². The van der Waals surface area contributed by atoms with Crippen LogP contribution in [0.2, 0.25) is 0 Å². The highest BCUT2D eigenvalue weighted by molar-refractivity contribution is 8.14. The lowest BCUT2D eigenvalue weighted by Crippen LogP contribution is -2.30. The highest BCUT2D eigenvalue weighted by atomic mass is 32.2. The molecule has 1 saturated heterocycles. The molecule has 3 aromatic rings. The molecule has 1 fully saturated rings. The zero-order chi connectivity index (χ0) is 18.4. The quantitative estimate of drug-likeness (QED) is 0.689. The predicted octanol–water partition coefficient (Wildman–Crippen LogP) is 4.17. The number of aromatic nitrogens is 3. The summed E-state index contributed by atoms with van der Waals surface area (Å²) < 4.78 is 2.31. The number of aryl methyl sites for hydroxylation is 1. The smallest absolute Gasteiger partial charge is 0.160 e. The first-order valence-electron chi connectivity index (χ1n) is 9.23. The topological polar surface area (TPSA) is 46.3 Å². The molecular weight excluding hydrogens is 354 g/mol. The maximum absolute atomic E-state index is 5.09. The third-order valence-electron chi connectivity index (χ3n) is 5.19. The summed E-state index contributed by atoms with van der Waals surface area (Å²) in [6.45, 7) is 5.42. The van der Waals surface area contributed by atoms with Crippen LogP contribution in [0.15, 0.2) is 66.0 Å². The van der Waals surface area contributed by atoms with Gasteiger partial charge in [0.05, 0.1) is 23.6 Å². The van der Waals surface area contributed by atoms with Gasteiger partial charge < -0.3 is 9.47 Å². The standard InChI is InChI=1S/C21H21N5S/c1-14-8-9-18(26(14)16-6-5-10-22-12-16)20-19(17-7-3-4-11-23-17)24-21-25(20)13-15(2)27-21/h3-12,15,19-20H,13H2,1-2H3. The normalized spacial score (nSPS) is 24.1. The van der Waals surface area contributed by atoms with Gasteiger partial charge in [-0.25, -0.2) is 0 Å². The lowest BCUT2D eigenvalue weighted by Gasteiger charge is -2.28. The molecule has 5 nitrogen and oxygen atoms in total. The number of rotatable bonds is 3. The van der Waals surface area contributed by atoms with Crippen molar-refractivity contribution in [1.29, 1.82) is 0 Å². The van der Waals surface area contributed by atoms with Gasteiger partial charge in [0.1, 0.15) is 6.04 Å². The summed E-state index contributed by atoms with van der Waals surface area (Å²) in [5.41, 5.74) is 4.55. The van der Waals surface area contributed by atoms with Crippen LogP contribution in [0.3, 0.4) is 0 Å². The maximum Gasteiger partial charge on any atom is 0.160 e. The van der Waals surface area contributed by atoms with Gasteiger partial charge in [-0.15, -0.1) is 0 Å². The SMILES string of the molecule is Cc1ccc(C2C(c3ccccn3)N=C3SC(C)CN32)n1-c1cccnc1. The average molecular weight is 376 g/mol. The second-order valence-electron chi connectivity index (χ2n) is 7.08. The molecule has 5 rings (SSSR count). The summed E-state index contributed by atoms with van der Waals surface area (Å²) in [6, 6.07) is 14.7. The summed E-state index contributed by atoms with van der Waals surface area (Å²) in [7, 11) is 0. The van der Waals surface area contributed by atoms with E-state index in [1.165, 1.54) is 11.4 Å². The van der Waals surface area contributed by atoms with Gasteiger partial charge >= 0.3 is 0 Å². The lowest BCUT2D eigenvalue weighted by atomic mass is 10.0. The Hall–Kier alpha value is -2.60. The number of fused-ring (bicyclic) bond motifs is 1. The molecule has 0 aliphatic carbocycles. The molecule has 6 heteroatoms. The summed E-state index contributed by atoms with van der Waals surface area (Å²) in [6.07, 6.45) is 5.59. The average Bonchev–Trinajstić information content (AvgIpc) is 3.34. The van der Waals surface area contributed by atoms with Gasteiger partial charge in [0, 0.05) is 35.6 Å². The van der Waals surface area contributed by atoms with Gasteiger partial charge in [0.25, 0.3) is 0 Å². The van der Waals surface area contributed by atoms with Crippen LogP contribution >= 0.6 is 11.8 Å². The largest absolute Gasteiger partial charge is 0.339 e. The highest BCUT2D eigenvalue weighted by Gasteiger charge is 2.44. The molecule has 27 heavy (non-hydrogen) atoms. The summed E-state index contributed by atoms with van der Waals surface area (Å²) >= 11 is 1.87. The number of thioether (sulfide) groups is 1. The zero-order valence-corrected chi connectivity index (χ0v) is 16.2. The Morgan fingerprint density at radius 3 is 2.78 bits per heavy atom. The Morgan fingerprint density at radius 1 is 1.07 bits per heavy atom. The van der Waals surface area contributed by atoms with Crippen molar-refractivity contribution in [2.24, 2.45) is 4.99 Å². The van der Waals surface area contributed by atoms with Crippen molar-refractivity contribution in [3.05, 3.63) is 78.1 Å². The third-order valence-corrected chi connectivity index (χ3v) is 6.30. The van der Waals surface area contributed by atoms with Gasteiger partial charge in [-0.05, 0) is 43.3 Å². The molecule has 136 valence electrons. The van der Waals surface area contributed by atoms with Gasteiger partial charge in [0.15, 0.2) is 5.17 Å². The molecule has 0 bridgehead atoms. The van der Waals surface area contributed by atoms with Crippen molar-refractivity contribution in [2.45, 2.75) is 31.2 Å². The van der Waals surface area contributed by atoms with E-state index in [2.05, 4.69) is 57.5 Å². The van der Waals surface area contributed by atoms with Gasteiger partial charge in [-0.3, -0.25) is 15.0 Å². The van der Waals surface area contributed by atoms with Gasteiger partial charge in [-0.2, -0.15) is 0 Å². The van der Waals surface area contributed by atoms with Crippen LogP contribution in [-0.4, -0.2) is 36.4 Å². The molecule has 0 amide bonds. The molecule has 5 heterocycles. The van der Waals surface area contributed by atoms with E-state index in [1.54, 1.807) is 0 Å². The van der Waals surface area contributed by atoms with Crippen molar-refractivity contribution in [3.63, 3.8) is 0 Å². The van der Waals surface area contributed by atoms with E-state index in [0.717, 1.165) is 23.1 Å². The maximum atomic E-state index is 5.09. The Balaban J connectivity index is 1.65. The molecule has 0 spiro atoms. The second-order valence-corrected chi connectivity index (χ2v) is 8.49. The minimum Gasteiger partial charge on any atom is -0.339 e. The first-order chi connectivity index (χ1) is 13.2. The lowest BCUT2D eigenvalue weighted by molar-refractivity contribution is 0.312. The summed E-state index contributed by atoms with van der Waals surface area (Å²) in [5, 5.41) is 1.69. The summed E-state index contributed by atoms with van der Waals surface area (Å²) in [5.74, 6) is 0. The minimum absolute atomic E-state index is 0.00548. The highest BCUT2D eigenvalue weighted by Crippen LogP contribution is 2.48. The van der Waals surface area contributed by atoms with Gasteiger partial charge in [-0.1, -0.05) is 24.8 Å². The second kappa shape index (κ2) is 6.53. The molecule has 2 aliphatic rings. The Morgan fingerprint density at radius 2 is 2.00 bits per heavy atom. The number of hydrogen-bond acceptors (Lipinski definition) is 5. The molecule has 0 aromatic carbocycles. The van der Waals surface area contributed by atoms with E-state index in [9.17, 15) is 0 Å². The van der Waals surface area contributed by atoms with E-state index < -0.39 is 0 Å². The van der Waals surface area contributed by atoms with Crippen LogP contribution in [0.4, 0.5) is 0 Å². The number of pyridine rings is 2. The summed E-state index contributed by atoms with van der Waals surface area (Å²) in [4.78, 5) is 16.5. The van der Waals surface area contributed by atoms with E-state index >= 15 is 0 Å². The van der Waals surface area contributed by atoms with E-state index in [0.29, 0.717) is 5.25 Å². The van der Waals surface area contributed by atoms with Crippen LogP contribution in [0, 0.1) is 6.92 Å². The van der Waals surface area contributed by atoms with Crippen molar-refractivity contribution in [3.8, 4) is 5.69 Å². The molecule has 0 saturated carbocycles. The van der Waals surface area contributed by atoms with E-state index in [-0.39, 0.29) is 12.1 Å². The van der Waals surface area contributed by atoms with Crippen molar-refractivity contribution >= 4 is 16.9 Å². The Kier molecular flexibility index (Phi) is 4.01. The van der Waals surface area contributed by atoms with E-state index in [1.807, 2.05) is 48.6 Å². The molecular formula is C21H21N5S. The Bertz CT molecular complexity index is 982. The zero-order valence-electron chi connectivity index (χ0n) is 15.4. The fourth-order valence-electron chi connectivity index (χ4n) is 4.07. The van der Waals surface area contributed by atoms with Crippen LogP contribution in [0.1, 0.15) is 36.1 Å². The van der Waals surface area contributed by atoms with E-state index in [4.69, 9.17) is 4.99 Å². The number of aliphatic imine (C=N–C) groups is 1. The molecule has 0 N–H and O–H groups in total. The Labute approximate surface area is 163 Å². The first kappa shape index (κ1) is 16.6. The fraction of sp³-hybridized carbons (Fsp3) is 0.286. The number of amidine groups is 1. The monoisotopic (exact) mass is 375 g/mol. The fourth-order valence-corrected chi connectivity index (χ4v) is 5.16. The van der Waals surface area contributed by atoms with Crippen LogP contribution in [-0.2, 0) is 0 Å². The minimum atomic E-state index is 0.00548. The van der Waals surface area contributed by atoms with Gasteiger partial charge in [0.2, 0.25) is 0 Å². The molecule has 3 atom stereocenters. The first-order valence-corrected chi connectivity index (χ1v) is 10.1. The van der Waals surface area contributed by atoms with Crippen molar-refractivity contribution in [2.75, 3.05) is 6.54 Å². The molecule has 3 unspecified atom stereocenters. The molecule has 2 aliphatic heterocycles. The van der Waals surface area contributed by atoms with Crippen LogP contribution < -0.4 is 0 Å². The van der Waals surface area contributed by atoms with Crippen molar-refractivity contribution < 1.29 is 0 Å². The molecule has 3 aromatic heterocycles. The molecule has 0 radical (unpaired) electrons. The third kappa shape index (κ3) is 2.75.